The second-order valence-electron chi connectivity index (χ2n) is 9.23. The van der Waals surface area contributed by atoms with E-state index in [4.69, 9.17) is 0 Å². The van der Waals surface area contributed by atoms with Crippen LogP contribution >= 0.6 is 0 Å². The van der Waals surface area contributed by atoms with Gasteiger partial charge in [0, 0.05) is 30.9 Å². The first-order chi connectivity index (χ1) is 15.8. The van der Waals surface area contributed by atoms with Crippen molar-refractivity contribution in [3.63, 3.8) is 0 Å². The van der Waals surface area contributed by atoms with Crippen molar-refractivity contribution in [1.82, 2.24) is 19.6 Å². The van der Waals surface area contributed by atoms with Crippen molar-refractivity contribution in [3.05, 3.63) is 88.8 Å². The maximum absolute atomic E-state index is 12.7. The topological polar surface area (TPSA) is 73.0 Å². The smallest absolute Gasteiger partial charge is 0.227 e. The number of anilines is 1. The largest absolute Gasteiger partial charge is 0.312 e. The predicted octanol–water partition coefficient (Wildman–Crippen LogP) is 4.16. The van der Waals surface area contributed by atoms with Crippen LogP contribution in [-0.4, -0.2) is 32.0 Å². The summed E-state index contributed by atoms with van der Waals surface area (Å²) in [6, 6.07) is 18.8. The van der Waals surface area contributed by atoms with Crippen LogP contribution < -0.4 is 10.3 Å². The molecular weight excluding hydrogens is 414 g/mol. The second-order valence-corrected chi connectivity index (χ2v) is 9.23. The minimum atomic E-state index is -0.178. The Morgan fingerprint density at radius 3 is 2.42 bits per heavy atom. The Morgan fingerprint density at radius 1 is 0.939 bits per heavy atom. The maximum Gasteiger partial charge on any atom is 0.227 e. The number of nitrogens with zero attached hydrogens (tertiary/aromatic N) is 5. The lowest BCUT2D eigenvalue weighted by molar-refractivity contribution is -0.117. The molecule has 0 saturated carbocycles. The summed E-state index contributed by atoms with van der Waals surface area (Å²) in [4.78, 5) is 27.1. The van der Waals surface area contributed by atoms with Gasteiger partial charge < -0.3 is 4.90 Å². The molecule has 1 amide bonds. The summed E-state index contributed by atoms with van der Waals surface area (Å²) >= 11 is 0. The molecule has 166 valence electrons. The van der Waals surface area contributed by atoms with Crippen LogP contribution in [0.2, 0.25) is 0 Å². The average Bonchev–Trinajstić information content (AvgIpc) is 3.38. The molecule has 1 aliphatic rings. The third kappa shape index (κ3) is 3.86. The number of para-hydroxylation sites is 1. The van der Waals surface area contributed by atoms with E-state index in [-0.39, 0.29) is 16.8 Å². The molecule has 1 saturated heterocycles. The molecule has 0 N–H and O–H groups in total. The summed E-state index contributed by atoms with van der Waals surface area (Å²) < 4.78 is 3.42. The summed E-state index contributed by atoms with van der Waals surface area (Å²) in [5.41, 5.74) is 4.28. The van der Waals surface area contributed by atoms with E-state index < -0.39 is 0 Å². The molecule has 4 aromatic rings. The van der Waals surface area contributed by atoms with Crippen LogP contribution in [0.5, 0.6) is 0 Å². The number of hydrogen-bond acceptors (Lipinski definition) is 4. The van der Waals surface area contributed by atoms with Gasteiger partial charge in [-0.15, -0.1) is 0 Å². The Kier molecular flexibility index (Phi) is 4.96. The number of aryl methyl sites for hydroxylation is 1. The van der Waals surface area contributed by atoms with E-state index in [2.05, 4.69) is 24.0 Å². The minimum Gasteiger partial charge on any atom is -0.312 e. The van der Waals surface area contributed by atoms with Crippen LogP contribution in [-0.2, 0) is 4.79 Å². The monoisotopic (exact) mass is 439 g/mol. The summed E-state index contributed by atoms with van der Waals surface area (Å²) in [6.45, 7) is 6.91. The SMILES string of the molecule is Cc1cc(N2CC(C)(C)CC2=O)ccc1-n1ccc(=O)c(-c2ccnn2-c2ccccc2)n1. The van der Waals surface area contributed by atoms with Crippen LogP contribution in [0.4, 0.5) is 5.69 Å². The van der Waals surface area contributed by atoms with Gasteiger partial charge in [0.1, 0.15) is 0 Å². The third-order valence-corrected chi connectivity index (χ3v) is 5.95. The Morgan fingerprint density at radius 2 is 1.73 bits per heavy atom. The molecule has 7 nitrogen and oxygen atoms in total. The van der Waals surface area contributed by atoms with Gasteiger partial charge in [-0.25, -0.2) is 9.36 Å². The van der Waals surface area contributed by atoms with Gasteiger partial charge in [-0.1, -0.05) is 32.0 Å². The average molecular weight is 440 g/mol. The fourth-order valence-corrected chi connectivity index (χ4v) is 4.35. The highest BCUT2D eigenvalue weighted by Crippen LogP contribution is 2.34. The van der Waals surface area contributed by atoms with Crippen LogP contribution in [0, 0.1) is 12.3 Å². The number of carbonyl (C=O) groups excluding carboxylic acids is 1. The molecule has 33 heavy (non-hydrogen) atoms. The van der Waals surface area contributed by atoms with E-state index in [9.17, 15) is 9.59 Å². The summed E-state index contributed by atoms with van der Waals surface area (Å²) in [5, 5.41) is 9.05. The molecule has 7 heteroatoms. The predicted molar refractivity (Wildman–Crippen MR) is 128 cm³/mol. The van der Waals surface area contributed by atoms with Crippen molar-refractivity contribution in [3.8, 4) is 22.8 Å². The number of carbonyl (C=O) groups is 1. The van der Waals surface area contributed by atoms with Gasteiger partial charge >= 0.3 is 0 Å². The highest BCUT2D eigenvalue weighted by Gasteiger charge is 2.36. The number of rotatable bonds is 4. The van der Waals surface area contributed by atoms with Gasteiger partial charge in [-0.3, -0.25) is 9.59 Å². The van der Waals surface area contributed by atoms with Gasteiger partial charge in [-0.2, -0.15) is 10.2 Å². The number of benzene rings is 2. The van der Waals surface area contributed by atoms with E-state index in [1.807, 2.05) is 60.4 Å². The summed E-state index contributed by atoms with van der Waals surface area (Å²) in [5.74, 6) is 0.144. The lowest BCUT2D eigenvalue weighted by Gasteiger charge is -2.21. The van der Waals surface area contributed by atoms with Crippen LogP contribution in [0.1, 0.15) is 25.8 Å². The zero-order valence-electron chi connectivity index (χ0n) is 18.9. The molecule has 0 unspecified atom stereocenters. The normalized spacial score (nSPS) is 15.2. The van der Waals surface area contributed by atoms with Gasteiger partial charge in [0.15, 0.2) is 5.69 Å². The van der Waals surface area contributed by atoms with E-state index in [1.165, 1.54) is 6.07 Å². The zero-order chi connectivity index (χ0) is 23.2. The first-order valence-electron chi connectivity index (χ1n) is 10.9. The molecule has 0 radical (unpaired) electrons. The standard InChI is InChI=1S/C26H25N5O2/c1-18-15-20(29-17-26(2,3)16-24(29)33)9-10-21(18)30-14-12-23(32)25(28-30)22-11-13-27-31(22)19-7-5-4-6-8-19/h4-15H,16-17H2,1-3H3. The third-order valence-electron chi connectivity index (χ3n) is 5.95. The molecule has 5 rings (SSSR count). The fraction of sp³-hybridized carbons (Fsp3) is 0.231. The van der Waals surface area contributed by atoms with E-state index in [1.54, 1.807) is 27.8 Å². The van der Waals surface area contributed by atoms with E-state index in [0.717, 1.165) is 22.6 Å². The molecule has 0 aliphatic carbocycles. The lowest BCUT2D eigenvalue weighted by atomic mass is 9.93. The van der Waals surface area contributed by atoms with Crippen molar-refractivity contribution >= 4 is 11.6 Å². The Balaban J connectivity index is 1.53. The molecule has 0 atom stereocenters. The Bertz CT molecular complexity index is 1400. The maximum atomic E-state index is 12.7. The number of aromatic nitrogens is 4. The molecule has 2 aromatic carbocycles. The first kappa shape index (κ1) is 20.9. The highest BCUT2D eigenvalue weighted by molar-refractivity contribution is 5.96. The van der Waals surface area contributed by atoms with Gasteiger partial charge in [-0.05, 0) is 54.3 Å². The number of hydrogen-bond donors (Lipinski definition) is 0. The van der Waals surface area contributed by atoms with Crippen molar-refractivity contribution in [1.29, 1.82) is 0 Å². The lowest BCUT2D eigenvalue weighted by Crippen LogP contribution is -2.26. The van der Waals surface area contributed by atoms with Crippen LogP contribution in [0.3, 0.4) is 0 Å². The van der Waals surface area contributed by atoms with E-state index in [0.29, 0.717) is 24.4 Å². The summed E-state index contributed by atoms with van der Waals surface area (Å²) in [7, 11) is 0. The Hall–Kier alpha value is -4.00. The molecule has 1 aliphatic heterocycles. The van der Waals surface area contributed by atoms with Crippen molar-refractivity contribution in [2.75, 3.05) is 11.4 Å². The molecule has 0 bridgehead atoms. The highest BCUT2D eigenvalue weighted by atomic mass is 16.2. The molecule has 0 spiro atoms. The van der Waals surface area contributed by atoms with Gasteiger partial charge in [0.05, 0.1) is 23.3 Å². The minimum absolute atomic E-state index is 0.0273. The number of amides is 1. The van der Waals surface area contributed by atoms with Gasteiger partial charge in [0.2, 0.25) is 11.3 Å². The van der Waals surface area contributed by atoms with E-state index >= 15 is 0 Å². The van der Waals surface area contributed by atoms with Crippen LogP contribution in [0.15, 0.2) is 77.9 Å². The Labute approximate surface area is 191 Å². The second kappa shape index (κ2) is 7.85. The first-order valence-corrected chi connectivity index (χ1v) is 10.9. The molecular formula is C26H25N5O2. The zero-order valence-corrected chi connectivity index (χ0v) is 18.9. The quantitative estimate of drug-likeness (QED) is 0.479. The molecule has 2 aromatic heterocycles. The fourth-order valence-electron chi connectivity index (χ4n) is 4.35. The molecule has 1 fully saturated rings. The van der Waals surface area contributed by atoms with Crippen LogP contribution in [0.25, 0.3) is 22.8 Å². The molecule has 3 heterocycles. The van der Waals surface area contributed by atoms with Crippen molar-refractivity contribution in [2.45, 2.75) is 27.2 Å². The van der Waals surface area contributed by atoms with Crippen molar-refractivity contribution in [2.24, 2.45) is 5.41 Å². The summed E-state index contributed by atoms with van der Waals surface area (Å²) in [6.07, 6.45) is 3.88. The van der Waals surface area contributed by atoms with Crippen molar-refractivity contribution < 1.29 is 4.79 Å². The van der Waals surface area contributed by atoms with Gasteiger partial charge in [0.25, 0.3) is 0 Å².